The molecule has 2 aromatic rings. The number of nitrogens with one attached hydrogen (secondary N) is 1. The number of nitrogens with zero attached hydrogens (tertiary/aromatic N) is 1. The molecule has 0 saturated heterocycles. The van der Waals surface area contributed by atoms with E-state index in [0.717, 1.165) is 4.47 Å². The van der Waals surface area contributed by atoms with Gasteiger partial charge in [0, 0.05) is 15.9 Å². The molecule has 1 N–H and O–H groups in total. The average Bonchev–Trinajstić information content (AvgIpc) is 2.89. The molecule has 0 fully saturated rings. The van der Waals surface area contributed by atoms with Crippen LogP contribution < -0.4 is 10.1 Å². The van der Waals surface area contributed by atoms with Crippen molar-refractivity contribution >= 4 is 38.9 Å². The first-order valence-corrected chi connectivity index (χ1v) is 6.95. The lowest BCUT2D eigenvalue weighted by molar-refractivity contribution is 0.103. The molecule has 1 amide bonds. The topological polar surface area (TPSA) is 62.1 Å². The Morgan fingerprint density at radius 3 is 2.89 bits per heavy atom. The Labute approximate surface area is 122 Å². The molecule has 0 unspecified atom stereocenters. The Bertz CT molecular complexity index is 661. The summed E-state index contributed by atoms with van der Waals surface area (Å²) in [6, 6.07) is 8.81. The minimum atomic E-state index is -0.257. The van der Waals surface area contributed by atoms with Crippen LogP contribution >= 0.6 is 27.3 Å². The highest BCUT2D eigenvalue weighted by atomic mass is 79.9. The maximum Gasteiger partial charge on any atom is 0.265 e. The normalized spacial score (nSPS) is 9.74. The van der Waals surface area contributed by atoms with Crippen LogP contribution in [-0.2, 0) is 0 Å². The zero-order valence-corrected chi connectivity index (χ0v) is 12.3. The monoisotopic (exact) mass is 336 g/mol. The molecule has 0 bridgehead atoms. The first-order valence-electron chi connectivity index (χ1n) is 5.27. The predicted molar refractivity (Wildman–Crippen MR) is 77.7 cm³/mol. The van der Waals surface area contributed by atoms with Gasteiger partial charge in [0.2, 0.25) is 0 Å². The molecule has 4 nitrogen and oxygen atoms in total. The van der Waals surface area contributed by atoms with E-state index in [0.29, 0.717) is 21.9 Å². The Morgan fingerprint density at radius 1 is 1.47 bits per heavy atom. The number of methoxy groups -OCH3 is 1. The smallest absolute Gasteiger partial charge is 0.265 e. The van der Waals surface area contributed by atoms with Gasteiger partial charge >= 0.3 is 0 Å². The van der Waals surface area contributed by atoms with Crippen molar-refractivity contribution in [2.45, 2.75) is 0 Å². The Hall–Kier alpha value is -1.84. The number of hydrogen-bond donors (Lipinski definition) is 1. The molecule has 1 heterocycles. The second-order valence-corrected chi connectivity index (χ2v) is 5.43. The fourth-order valence-corrected chi connectivity index (χ4v) is 2.56. The van der Waals surface area contributed by atoms with Gasteiger partial charge in [-0.2, -0.15) is 5.26 Å². The van der Waals surface area contributed by atoms with Crippen molar-refractivity contribution in [3.8, 4) is 11.8 Å². The summed E-state index contributed by atoms with van der Waals surface area (Å²) in [5, 5.41) is 13.5. The molecule has 1 aromatic heterocycles. The third-order valence-electron chi connectivity index (χ3n) is 2.39. The van der Waals surface area contributed by atoms with Crippen molar-refractivity contribution in [2.24, 2.45) is 0 Å². The maximum atomic E-state index is 12.0. The van der Waals surface area contributed by atoms with Crippen molar-refractivity contribution < 1.29 is 9.53 Å². The molecule has 6 heteroatoms. The minimum Gasteiger partial charge on any atom is -0.496 e. The number of halogens is 1. The highest BCUT2D eigenvalue weighted by Crippen LogP contribution is 2.24. The van der Waals surface area contributed by atoms with E-state index in [9.17, 15) is 4.79 Å². The quantitative estimate of drug-likeness (QED) is 0.930. The molecule has 0 saturated carbocycles. The Morgan fingerprint density at radius 2 is 2.26 bits per heavy atom. The summed E-state index contributed by atoms with van der Waals surface area (Å²) in [6.07, 6.45) is 0. The number of carbonyl (C=O) groups excluding carboxylic acids is 1. The van der Waals surface area contributed by atoms with Crippen LogP contribution in [0.25, 0.3) is 0 Å². The van der Waals surface area contributed by atoms with Gasteiger partial charge in [-0.15, -0.1) is 11.3 Å². The second kappa shape index (κ2) is 5.87. The van der Waals surface area contributed by atoms with Crippen molar-refractivity contribution in [1.82, 2.24) is 0 Å². The van der Waals surface area contributed by atoms with Crippen molar-refractivity contribution in [2.75, 3.05) is 12.4 Å². The van der Waals surface area contributed by atoms with Gasteiger partial charge < -0.3 is 10.1 Å². The van der Waals surface area contributed by atoms with Gasteiger partial charge in [0.25, 0.3) is 5.91 Å². The lowest BCUT2D eigenvalue weighted by Gasteiger charge is -2.05. The molecule has 1 aromatic carbocycles. The third kappa shape index (κ3) is 3.13. The molecular formula is C13H9BrN2O2S. The maximum absolute atomic E-state index is 12.0. The van der Waals surface area contributed by atoms with Gasteiger partial charge in [-0.1, -0.05) is 15.9 Å². The molecule has 19 heavy (non-hydrogen) atoms. The van der Waals surface area contributed by atoms with Crippen LogP contribution in [0.2, 0.25) is 0 Å². The highest BCUT2D eigenvalue weighted by molar-refractivity contribution is 9.10. The summed E-state index contributed by atoms with van der Waals surface area (Å²) in [4.78, 5) is 12.6. The van der Waals surface area contributed by atoms with Gasteiger partial charge in [-0.3, -0.25) is 4.79 Å². The fourth-order valence-electron chi connectivity index (χ4n) is 1.45. The molecule has 0 aliphatic heterocycles. The van der Waals surface area contributed by atoms with E-state index >= 15 is 0 Å². The number of carbonyl (C=O) groups is 1. The van der Waals surface area contributed by atoms with Crippen LogP contribution in [0.1, 0.15) is 15.2 Å². The number of hydrogen-bond acceptors (Lipinski definition) is 4. The third-order valence-corrected chi connectivity index (χ3v) is 3.79. The zero-order valence-electron chi connectivity index (χ0n) is 9.94. The van der Waals surface area contributed by atoms with E-state index in [1.807, 2.05) is 6.07 Å². The molecule has 0 atom stereocenters. The van der Waals surface area contributed by atoms with Crippen LogP contribution in [0, 0.1) is 11.3 Å². The second-order valence-electron chi connectivity index (χ2n) is 3.61. The SMILES string of the molecule is COc1csc(C(=O)Nc2ccc(Br)cc2C#N)c1. The number of ether oxygens (including phenoxy) is 1. The highest BCUT2D eigenvalue weighted by Gasteiger charge is 2.12. The predicted octanol–water partition coefficient (Wildman–Crippen LogP) is 3.64. The molecule has 0 aliphatic carbocycles. The lowest BCUT2D eigenvalue weighted by Crippen LogP contribution is -2.11. The number of thiophene rings is 1. The van der Waals surface area contributed by atoms with Crippen molar-refractivity contribution in [3.05, 3.63) is 44.6 Å². The van der Waals surface area contributed by atoms with E-state index in [4.69, 9.17) is 10.00 Å². The van der Waals surface area contributed by atoms with Crippen molar-refractivity contribution in [1.29, 1.82) is 5.26 Å². The number of benzene rings is 1. The summed E-state index contributed by atoms with van der Waals surface area (Å²) in [6.45, 7) is 0. The van der Waals surface area contributed by atoms with Gasteiger partial charge in [-0.25, -0.2) is 0 Å². The summed E-state index contributed by atoms with van der Waals surface area (Å²) in [7, 11) is 1.55. The molecule has 96 valence electrons. The Balaban J connectivity index is 2.22. The molecule has 0 spiro atoms. The fraction of sp³-hybridized carbons (Fsp3) is 0.0769. The lowest BCUT2D eigenvalue weighted by atomic mass is 10.2. The number of rotatable bonds is 3. The summed E-state index contributed by atoms with van der Waals surface area (Å²) in [5.41, 5.74) is 0.898. The number of anilines is 1. The van der Waals surface area contributed by atoms with Crippen LogP contribution in [-0.4, -0.2) is 13.0 Å². The summed E-state index contributed by atoms with van der Waals surface area (Å²) in [5.74, 6) is 0.388. The summed E-state index contributed by atoms with van der Waals surface area (Å²) >= 11 is 4.57. The van der Waals surface area contributed by atoms with Crippen LogP contribution in [0.15, 0.2) is 34.1 Å². The van der Waals surface area contributed by atoms with Gasteiger partial charge in [0.1, 0.15) is 11.8 Å². The molecule has 0 aliphatic rings. The molecule has 0 radical (unpaired) electrons. The van der Waals surface area contributed by atoms with Crippen LogP contribution in [0.4, 0.5) is 5.69 Å². The van der Waals surface area contributed by atoms with E-state index in [1.54, 1.807) is 36.8 Å². The van der Waals surface area contributed by atoms with E-state index in [1.165, 1.54) is 11.3 Å². The van der Waals surface area contributed by atoms with Gasteiger partial charge in [-0.05, 0) is 18.2 Å². The molecule has 2 rings (SSSR count). The van der Waals surface area contributed by atoms with Crippen LogP contribution in [0.5, 0.6) is 5.75 Å². The zero-order chi connectivity index (χ0) is 13.8. The van der Waals surface area contributed by atoms with E-state index in [-0.39, 0.29) is 5.91 Å². The van der Waals surface area contributed by atoms with Crippen LogP contribution in [0.3, 0.4) is 0 Å². The van der Waals surface area contributed by atoms with E-state index in [2.05, 4.69) is 21.2 Å². The van der Waals surface area contributed by atoms with Gasteiger partial charge in [0.05, 0.1) is 23.2 Å². The minimum absolute atomic E-state index is 0.257. The van der Waals surface area contributed by atoms with E-state index < -0.39 is 0 Å². The molecular weight excluding hydrogens is 328 g/mol. The number of nitriles is 1. The summed E-state index contributed by atoms with van der Waals surface area (Å²) < 4.78 is 5.82. The van der Waals surface area contributed by atoms with Gasteiger partial charge in [0.15, 0.2) is 0 Å². The first kappa shape index (κ1) is 13.6. The standard InChI is InChI=1S/C13H9BrN2O2S/c1-18-10-5-12(19-7-10)13(17)16-11-3-2-9(14)4-8(11)6-15/h2-5,7H,1H3,(H,16,17). The number of amides is 1. The Kier molecular flexibility index (Phi) is 4.20. The average molecular weight is 337 g/mol. The first-order chi connectivity index (χ1) is 9.13. The van der Waals surface area contributed by atoms with Crippen molar-refractivity contribution in [3.63, 3.8) is 0 Å². The largest absolute Gasteiger partial charge is 0.496 e.